The molecule has 76 valence electrons. The van der Waals surface area contributed by atoms with Crippen LogP contribution >= 0.6 is 0 Å². The molecule has 0 bridgehead atoms. The normalized spacial score (nSPS) is 12.2. The van der Waals surface area contributed by atoms with Crippen LogP contribution in [0.1, 0.15) is 25.0 Å². The van der Waals surface area contributed by atoms with Crippen molar-refractivity contribution >= 4 is 5.91 Å². The van der Waals surface area contributed by atoms with E-state index in [1.54, 1.807) is 6.92 Å². The van der Waals surface area contributed by atoms with Crippen molar-refractivity contribution in [2.45, 2.75) is 33.2 Å². The molecule has 1 atom stereocenters. The highest BCUT2D eigenvalue weighted by Crippen LogP contribution is 2.05. The largest absolute Gasteiger partial charge is 0.354 e. The summed E-state index contributed by atoms with van der Waals surface area (Å²) in [5.74, 6) is 0.0320. The SMILES string of the molecule is CC(=O)N[C@H](C)Cc1ccc(C)cc1. The Morgan fingerprint density at radius 1 is 1.36 bits per heavy atom. The Kier molecular flexibility index (Phi) is 3.69. The Morgan fingerprint density at radius 2 is 1.93 bits per heavy atom. The third-order valence-electron chi connectivity index (χ3n) is 2.11. The van der Waals surface area contributed by atoms with Gasteiger partial charge in [0, 0.05) is 13.0 Å². The van der Waals surface area contributed by atoms with E-state index in [0.29, 0.717) is 0 Å². The topological polar surface area (TPSA) is 29.1 Å². The van der Waals surface area contributed by atoms with Crippen LogP contribution in [0.2, 0.25) is 0 Å². The predicted molar refractivity (Wildman–Crippen MR) is 58.2 cm³/mol. The van der Waals surface area contributed by atoms with Crippen LogP contribution in [0.3, 0.4) is 0 Å². The van der Waals surface area contributed by atoms with Gasteiger partial charge in [0.05, 0.1) is 0 Å². The molecular weight excluding hydrogens is 174 g/mol. The van der Waals surface area contributed by atoms with E-state index < -0.39 is 0 Å². The molecule has 2 heteroatoms. The van der Waals surface area contributed by atoms with Crippen molar-refractivity contribution in [3.05, 3.63) is 35.4 Å². The first-order valence-electron chi connectivity index (χ1n) is 4.90. The minimum absolute atomic E-state index is 0.0320. The molecule has 1 amide bonds. The van der Waals surface area contributed by atoms with Gasteiger partial charge in [0.25, 0.3) is 0 Å². The van der Waals surface area contributed by atoms with Crippen molar-refractivity contribution < 1.29 is 4.79 Å². The summed E-state index contributed by atoms with van der Waals surface area (Å²) in [5.41, 5.74) is 2.53. The van der Waals surface area contributed by atoms with Crippen molar-refractivity contribution in [1.29, 1.82) is 0 Å². The van der Waals surface area contributed by atoms with E-state index in [2.05, 4.69) is 36.5 Å². The summed E-state index contributed by atoms with van der Waals surface area (Å²) < 4.78 is 0. The molecule has 0 aliphatic carbocycles. The van der Waals surface area contributed by atoms with E-state index in [1.807, 2.05) is 6.92 Å². The average Bonchev–Trinajstić information content (AvgIpc) is 2.07. The van der Waals surface area contributed by atoms with Crippen LogP contribution in [0.5, 0.6) is 0 Å². The highest BCUT2D eigenvalue weighted by atomic mass is 16.1. The highest BCUT2D eigenvalue weighted by molar-refractivity contribution is 5.73. The van der Waals surface area contributed by atoms with E-state index in [4.69, 9.17) is 0 Å². The summed E-state index contributed by atoms with van der Waals surface area (Å²) in [5, 5.41) is 2.87. The van der Waals surface area contributed by atoms with E-state index in [-0.39, 0.29) is 11.9 Å². The lowest BCUT2D eigenvalue weighted by Crippen LogP contribution is -2.31. The molecule has 1 rings (SSSR count). The lowest BCUT2D eigenvalue weighted by Gasteiger charge is -2.12. The van der Waals surface area contributed by atoms with E-state index in [0.717, 1.165) is 6.42 Å². The van der Waals surface area contributed by atoms with Crippen LogP contribution in [0, 0.1) is 6.92 Å². The number of carbonyl (C=O) groups excluding carboxylic acids is 1. The van der Waals surface area contributed by atoms with Gasteiger partial charge in [-0.25, -0.2) is 0 Å². The zero-order chi connectivity index (χ0) is 10.6. The Balaban J connectivity index is 2.51. The molecule has 0 unspecified atom stereocenters. The van der Waals surface area contributed by atoms with Gasteiger partial charge in [0.15, 0.2) is 0 Å². The van der Waals surface area contributed by atoms with Crippen molar-refractivity contribution in [2.75, 3.05) is 0 Å². The molecule has 0 radical (unpaired) electrons. The molecule has 0 saturated carbocycles. The average molecular weight is 191 g/mol. The number of amides is 1. The number of benzene rings is 1. The monoisotopic (exact) mass is 191 g/mol. The van der Waals surface area contributed by atoms with Gasteiger partial charge >= 0.3 is 0 Å². The fourth-order valence-electron chi connectivity index (χ4n) is 1.48. The fourth-order valence-corrected chi connectivity index (χ4v) is 1.48. The van der Waals surface area contributed by atoms with E-state index in [9.17, 15) is 4.79 Å². The van der Waals surface area contributed by atoms with Crippen LogP contribution in [0.25, 0.3) is 0 Å². The highest BCUT2D eigenvalue weighted by Gasteiger charge is 2.03. The number of hydrogen-bond donors (Lipinski definition) is 1. The minimum Gasteiger partial charge on any atom is -0.354 e. The van der Waals surface area contributed by atoms with Gasteiger partial charge in [0.1, 0.15) is 0 Å². The van der Waals surface area contributed by atoms with Crippen LogP contribution in [0.15, 0.2) is 24.3 Å². The molecule has 0 aromatic heterocycles. The van der Waals surface area contributed by atoms with Gasteiger partial charge in [-0.3, -0.25) is 4.79 Å². The van der Waals surface area contributed by atoms with Gasteiger partial charge in [-0.15, -0.1) is 0 Å². The molecule has 0 aliphatic heterocycles. The van der Waals surface area contributed by atoms with Crippen molar-refractivity contribution in [1.82, 2.24) is 5.32 Å². The maximum Gasteiger partial charge on any atom is 0.217 e. The lowest BCUT2D eigenvalue weighted by molar-refractivity contribution is -0.119. The summed E-state index contributed by atoms with van der Waals surface area (Å²) in [4.78, 5) is 10.8. The summed E-state index contributed by atoms with van der Waals surface area (Å²) in [7, 11) is 0. The minimum atomic E-state index is 0.0320. The molecule has 1 aromatic carbocycles. The predicted octanol–water partition coefficient (Wildman–Crippen LogP) is 2.06. The second-order valence-corrected chi connectivity index (χ2v) is 3.79. The van der Waals surface area contributed by atoms with Gasteiger partial charge in [-0.2, -0.15) is 0 Å². The molecule has 0 heterocycles. The Bertz CT molecular complexity index is 303. The van der Waals surface area contributed by atoms with Crippen LogP contribution in [-0.2, 0) is 11.2 Å². The third kappa shape index (κ3) is 3.60. The summed E-state index contributed by atoms with van der Waals surface area (Å²) in [6, 6.07) is 8.60. The van der Waals surface area contributed by atoms with Crippen LogP contribution in [-0.4, -0.2) is 11.9 Å². The first kappa shape index (κ1) is 10.8. The Morgan fingerprint density at radius 3 is 2.43 bits per heavy atom. The zero-order valence-electron chi connectivity index (χ0n) is 9.00. The molecule has 0 spiro atoms. The second-order valence-electron chi connectivity index (χ2n) is 3.79. The van der Waals surface area contributed by atoms with Crippen molar-refractivity contribution in [3.63, 3.8) is 0 Å². The number of carbonyl (C=O) groups is 1. The quantitative estimate of drug-likeness (QED) is 0.778. The first-order valence-corrected chi connectivity index (χ1v) is 4.90. The molecule has 1 aromatic rings. The number of aryl methyl sites for hydroxylation is 1. The second kappa shape index (κ2) is 4.80. The molecule has 0 fully saturated rings. The zero-order valence-corrected chi connectivity index (χ0v) is 9.00. The summed E-state index contributed by atoms with van der Waals surface area (Å²) >= 11 is 0. The number of rotatable bonds is 3. The van der Waals surface area contributed by atoms with Crippen molar-refractivity contribution in [2.24, 2.45) is 0 Å². The van der Waals surface area contributed by atoms with Crippen molar-refractivity contribution in [3.8, 4) is 0 Å². The van der Waals surface area contributed by atoms with Crippen LogP contribution in [0.4, 0.5) is 0 Å². The molecule has 0 saturated heterocycles. The van der Waals surface area contributed by atoms with Gasteiger partial charge in [-0.1, -0.05) is 29.8 Å². The van der Waals surface area contributed by atoms with Gasteiger partial charge in [-0.05, 0) is 25.8 Å². The molecule has 1 N–H and O–H groups in total. The summed E-state index contributed by atoms with van der Waals surface area (Å²) in [6.07, 6.45) is 0.889. The molecular formula is C12H17NO. The van der Waals surface area contributed by atoms with E-state index >= 15 is 0 Å². The fraction of sp³-hybridized carbons (Fsp3) is 0.417. The number of hydrogen-bond acceptors (Lipinski definition) is 1. The number of nitrogens with one attached hydrogen (secondary N) is 1. The van der Waals surface area contributed by atoms with Crippen LogP contribution < -0.4 is 5.32 Å². The lowest BCUT2D eigenvalue weighted by atomic mass is 10.1. The molecule has 0 aliphatic rings. The summed E-state index contributed by atoms with van der Waals surface area (Å²) in [6.45, 7) is 5.63. The smallest absolute Gasteiger partial charge is 0.217 e. The third-order valence-corrected chi connectivity index (χ3v) is 2.11. The Hall–Kier alpha value is -1.31. The standard InChI is InChI=1S/C12H17NO/c1-9-4-6-12(7-5-9)8-10(2)13-11(3)14/h4-7,10H,8H2,1-3H3,(H,13,14)/t10-/m1/s1. The van der Waals surface area contributed by atoms with Gasteiger partial charge < -0.3 is 5.32 Å². The first-order chi connectivity index (χ1) is 6.58. The Labute approximate surface area is 85.3 Å². The maximum absolute atomic E-state index is 10.8. The van der Waals surface area contributed by atoms with E-state index in [1.165, 1.54) is 11.1 Å². The maximum atomic E-state index is 10.8. The molecule has 14 heavy (non-hydrogen) atoms. The van der Waals surface area contributed by atoms with Gasteiger partial charge in [0.2, 0.25) is 5.91 Å². The molecule has 2 nitrogen and oxygen atoms in total.